The van der Waals surface area contributed by atoms with Gasteiger partial charge in [0.1, 0.15) is 48.8 Å². The summed E-state index contributed by atoms with van der Waals surface area (Å²) in [5.74, 6) is -0.219. The molecule has 9 N–H and O–H groups in total. The highest BCUT2D eigenvalue weighted by atomic mass is 16.7. The van der Waals surface area contributed by atoms with E-state index < -0.39 is 86.8 Å². The second-order valence-electron chi connectivity index (χ2n) is 18.3. The molecule has 2 rings (SSSR count). The van der Waals surface area contributed by atoms with Crippen LogP contribution in [0.2, 0.25) is 0 Å². The summed E-state index contributed by atoms with van der Waals surface area (Å²) in [7, 11) is 0. The van der Waals surface area contributed by atoms with Crippen LogP contribution in [-0.2, 0) is 23.7 Å². The van der Waals surface area contributed by atoms with E-state index in [1.165, 1.54) is 89.9 Å². The molecule has 2 aliphatic rings. The summed E-state index contributed by atoms with van der Waals surface area (Å²) in [6.45, 7) is 2.78. The number of carbonyl (C=O) groups excluding carboxylic acids is 1. The third kappa shape index (κ3) is 25.4. The topological polar surface area (TPSA) is 228 Å². The third-order valence-electron chi connectivity index (χ3n) is 12.6. The van der Waals surface area contributed by atoms with E-state index in [-0.39, 0.29) is 12.5 Å². The van der Waals surface area contributed by atoms with Crippen molar-refractivity contribution < 1.29 is 64.6 Å². The summed E-state index contributed by atoms with van der Waals surface area (Å²) in [6, 6.07) is -0.830. The molecule has 0 aromatic rings. The fraction of sp³-hybridized carbons (Fsp3) is 0.863. The van der Waals surface area contributed by atoms with Crippen molar-refractivity contribution in [3.05, 3.63) is 36.5 Å². The maximum atomic E-state index is 13.1. The van der Waals surface area contributed by atoms with E-state index in [1.54, 1.807) is 0 Å². The van der Waals surface area contributed by atoms with Crippen molar-refractivity contribution in [2.45, 2.75) is 261 Å². The first-order valence-corrected chi connectivity index (χ1v) is 25.7. The summed E-state index contributed by atoms with van der Waals surface area (Å²) in [4.78, 5) is 13.1. The van der Waals surface area contributed by atoms with Gasteiger partial charge in [-0.15, -0.1) is 0 Å². The lowest BCUT2D eigenvalue weighted by Gasteiger charge is -2.46. The molecule has 12 atom stereocenters. The predicted molar refractivity (Wildman–Crippen MR) is 254 cm³/mol. The van der Waals surface area contributed by atoms with E-state index in [1.807, 2.05) is 0 Å². The lowest BCUT2D eigenvalue weighted by molar-refractivity contribution is -0.359. The highest BCUT2D eigenvalue weighted by molar-refractivity contribution is 5.76. The Morgan fingerprint density at radius 2 is 1.02 bits per heavy atom. The first kappa shape index (κ1) is 59.3. The molecule has 0 aromatic heterocycles. The molecule has 0 spiro atoms. The first-order chi connectivity index (χ1) is 31.6. The minimum atomic E-state index is -1.78. The van der Waals surface area contributed by atoms with Gasteiger partial charge in [0, 0.05) is 6.42 Å². The lowest BCUT2D eigenvalue weighted by Crippen LogP contribution is -2.65. The lowest BCUT2D eigenvalue weighted by atomic mass is 9.97. The molecule has 0 bridgehead atoms. The number of rotatable bonds is 39. The molecule has 14 nitrogen and oxygen atoms in total. The van der Waals surface area contributed by atoms with E-state index in [0.717, 1.165) is 64.2 Å². The number of amides is 1. The minimum Gasteiger partial charge on any atom is -0.394 e. The number of carbonyl (C=O) groups is 1. The Labute approximate surface area is 391 Å². The molecule has 12 unspecified atom stereocenters. The maximum Gasteiger partial charge on any atom is 0.220 e. The molecule has 380 valence electrons. The van der Waals surface area contributed by atoms with Gasteiger partial charge in [-0.1, -0.05) is 166 Å². The Balaban J connectivity index is 1.74. The molecule has 0 aromatic carbocycles. The SMILES string of the molecule is CCCCCCC/C=C\C/C=C\C/C=C\CCCCCCCCCCC(=O)NC(COC1OC(CO)C(OC2OC(CO)C(O)C(O)C2O)C(O)C1O)C(O)CCCCCCCCCC. The Kier molecular flexibility index (Phi) is 34.8. The molecule has 0 radical (unpaired) electrons. The number of hydrogen-bond donors (Lipinski definition) is 9. The molecule has 2 aliphatic heterocycles. The average Bonchev–Trinajstić information content (AvgIpc) is 3.30. The number of aliphatic hydroxyl groups excluding tert-OH is 8. The van der Waals surface area contributed by atoms with Gasteiger partial charge < -0.3 is 65.1 Å². The smallest absolute Gasteiger partial charge is 0.220 e. The van der Waals surface area contributed by atoms with Crippen molar-refractivity contribution >= 4 is 5.91 Å². The van der Waals surface area contributed by atoms with Gasteiger partial charge in [-0.05, 0) is 51.4 Å². The zero-order valence-electron chi connectivity index (χ0n) is 40.2. The van der Waals surface area contributed by atoms with Crippen molar-refractivity contribution in [2.75, 3.05) is 19.8 Å². The number of ether oxygens (including phenoxy) is 4. The van der Waals surface area contributed by atoms with Crippen molar-refractivity contribution in [2.24, 2.45) is 0 Å². The largest absolute Gasteiger partial charge is 0.394 e. The fourth-order valence-electron chi connectivity index (χ4n) is 8.36. The normalized spacial score (nSPS) is 27.3. The van der Waals surface area contributed by atoms with Gasteiger partial charge in [0.05, 0.1) is 32.0 Å². The summed E-state index contributed by atoms with van der Waals surface area (Å²) in [6.07, 6.45) is 26.0. The van der Waals surface area contributed by atoms with Crippen LogP contribution in [0.25, 0.3) is 0 Å². The number of hydrogen-bond acceptors (Lipinski definition) is 13. The quantitative estimate of drug-likeness (QED) is 0.0231. The molecule has 2 heterocycles. The van der Waals surface area contributed by atoms with Gasteiger partial charge in [-0.25, -0.2) is 0 Å². The third-order valence-corrected chi connectivity index (χ3v) is 12.6. The minimum absolute atomic E-state index is 0.219. The first-order valence-electron chi connectivity index (χ1n) is 25.7. The number of unbranched alkanes of at least 4 members (excludes halogenated alkanes) is 20. The summed E-state index contributed by atoms with van der Waals surface area (Å²) in [5.41, 5.74) is 0. The van der Waals surface area contributed by atoms with Crippen molar-refractivity contribution in [3.8, 4) is 0 Å². The van der Waals surface area contributed by atoms with Gasteiger partial charge >= 0.3 is 0 Å². The highest BCUT2D eigenvalue weighted by Gasteiger charge is 2.51. The van der Waals surface area contributed by atoms with Crippen molar-refractivity contribution in [1.82, 2.24) is 5.32 Å². The molecule has 65 heavy (non-hydrogen) atoms. The molecule has 14 heteroatoms. The Hall–Kier alpha value is -1.79. The van der Waals surface area contributed by atoms with E-state index in [9.17, 15) is 45.6 Å². The fourth-order valence-corrected chi connectivity index (χ4v) is 8.36. The van der Waals surface area contributed by atoms with E-state index in [2.05, 4.69) is 55.6 Å². The number of nitrogens with one attached hydrogen (secondary N) is 1. The summed E-state index contributed by atoms with van der Waals surface area (Å²) in [5, 5.41) is 86.6. The van der Waals surface area contributed by atoms with Crippen LogP contribution < -0.4 is 5.32 Å². The number of allylic oxidation sites excluding steroid dienone is 6. The molecule has 0 aliphatic carbocycles. The Morgan fingerprint density at radius 3 is 1.55 bits per heavy atom. The van der Waals surface area contributed by atoms with Crippen LogP contribution in [0.3, 0.4) is 0 Å². The van der Waals surface area contributed by atoms with Gasteiger partial charge in [-0.2, -0.15) is 0 Å². The van der Waals surface area contributed by atoms with Crippen LogP contribution in [0.1, 0.15) is 187 Å². The highest BCUT2D eigenvalue weighted by Crippen LogP contribution is 2.30. The van der Waals surface area contributed by atoms with Gasteiger partial charge in [0.2, 0.25) is 5.91 Å². The average molecular weight is 928 g/mol. The van der Waals surface area contributed by atoms with Crippen LogP contribution in [0, 0.1) is 0 Å². The monoisotopic (exact) mass is 928 g/mol. The zero-order valence-corrected chi connectivity index (χ0v) is 40.2. The standard InChI is InChI=1S/C51H93NO13/c1-3-5-7-9-11-13-14-15-16-17-18-19-20-21-22-23-24-25-26-27-29-31-33-35-43(56)52-39(40(55)34-32-30-28-12-10-8-6-4-2)38-62-50-48(61)46(59)49(42(37-54)64-50)65-51-47(60)45(58)44(57)41(36-53)63-51/h14-15,17-18,20-21,39-42,44-51,53-55,57-61H,3-13,16,19,22-38H2,1-2H3,(H,52,56)/b15-14-,18-17-,21-20-. The van der Waals surface area contributed by atoms with Crippen molar-refractivity contribution in [1.29, 1.82) is 0 Å². The van der Waals surface area contributed by atoms with Gasteiger partial charge in [0.25, 0.3) is 0 Å². The molecule has 2 fully saturated rings. The molecule has 0 saturated carbocycles. The summed E-state index contributed by atoms with van der Waals surface area (Å²) < 4.78 is 22.7. The summed E-state index contributed by atoms with van der Waals surface area (Å²) >= 11 is 0. The van der Waals surface area contributed by atoms with Crippen LogP contribution >= 0.6 is 0 Å². The zero-order chi connectivity index (χ0) is 47.5. The predicted octanol–water partition coefficient (Wildman–Crippen LogP) is 6.71. The van der Waals surface area contributed by atoms with Crippen LogP contribution in [0.5, 0.6) is 0 Å². The van der Waals surface area contributed by atoms with Crippen molar-refractivity contribution in [3.63, 3.8) is 0 Å². The second-order valence-corrected chi connectivity index (χ2v) is 18.3. The second kappa shape index (κ2) is 38.1. The van der Waals surface area contributed by atoms with Crippen LogP contribution in [-0.4, -0.2) is 140 Å². The molecule has 2 saturated heterocycles. The van der Waals surface area contributed by atoms with E-state index in [0.29, 0.717) is 19.3 Å². The van der Waals surface area contributed by atoms with Gasteiger partial charge in [0.15, 0.2) is 12.6 Å². The maximum absolute atomic E-state index is 13.1. The van der Waals surface area contributed by atoms with Gasteiger partial charge in [-0.3, -0.25) is 4.79 Å². The number of aliphatic hydroxyl groups is 8. The molecular weight excluding hydrogens is 835 g/mol. The van der Waals surface area contributed by atoms with E-state index >= 15 is 0 Å². The molecular formula is C51H93NO13. The Morgan fingerprint density at radius 1 is 0.554 bits per heavy atom. The molecule has 1 amide bonds. The van der Waals surface area contributed by atoms with Crippen LogP contribution in [0.15, 0.2) is 36.5 Å². The van der Waals surface area contributed by atoms with E-state index in [4.69, 9.17) is 18.9 Å². The van der Waals surface area contributed by atoms with Crippen LogP contribution in [0.4, 0.5) is 0 Å². The Bertz CT molecular complexity index is 1230.